The zero-order chi connectivity index (χ0) is 17.3. The normalized spacial score (nSPS) is 27.2. The van der Waals surface area contributed by atoms with Gasteiger partial charge in [-0.1, -0.05) is 31.9 Å². The quantitative estimate of drug-likeness (QED) is 0.862. The lowest BCUT2D eigenvalue weighted by Gasteiger charge is -2.37. The Morgan fingerprint density at radius 2 is 2.00 bits per heavy atom. The van der Waals surface area contributed by atoms with E-state index in [1.165, 1.54) is 17.0 Å². The van der Waals surface area contributed by atoms with Gasteiger partial charge in [-0.25, -0.2) is 14.1 Å². The van der Waals surface area contributed by atoms with Crippen molar-refractivity contribution in [3.05, 3.63) is 35.6 Å². The van der Waals surface area contributed by atoms with Crippen molar-refractivity contribution in [3.8, 4) is 0 Å². The van der Waals surface area contributed by atoms with Crippen molar-refractivity contribution in [2.45, 2.75) is 44.7 Å². The molecule has 3 rings (SSSR count). The summed E-state index contributed by atoms with van der Waals surface area (Å²) in [6.07, 6.45) is 3.76. The van der Waals surface area contributed by atoms with E-state index in [9.17, 15) is 14.0 Å². The molecule has 1 aliphatic carbocycles. The lowest BCUT2D eigenvalue weighted by molar-refractivity contribution is -0.135. The van der Waals surface area contributed by atoms with Gasteiger partial charge in [0.15, 0.2) is 0 Å². The molecule has 0 bridgehead atoms. The van der Waals surface area contributed by atoms with Crippen molar-refractivity contribution in [2.24, 2.45) is 5.92 Å². The van der Waals surface area contributed by atoms with E-state index in [0.717, 1.165) is 31.2 Å². The molecule has 2 fully saturated rings. The molecule has 0 radical (unpaired) electrons. The first kappa shape index (κ1) is 16.9. The third-order valence-corrected chi connectivity index (χ3v) is 5.25. The third-order valence-electron chi connectivity index (χ3n) is 5.25. The molecule has 1 saturated heterocycles. The Balaban J connectivity index is 1.67. The van der Waals surface area contributed by atoms with Gasteiger partial charge in [-0.3, -0.25) is 9.69 Å². The van der Waals surface area contributed by atoms with Gasteiger partial charge in [-0.2, -0.15) is 0 Å². The predicted octanol–water partition coefficient (Wildman–Crippen LogP) is 2.72. The second kappa shape index (κ2) is 6.51. The molecule has 1 aliphatic heterocycles. The number of benzene rings is 1. The molecule has 1 spiro atoms. The highest BCUT2D eigenvalue weighted by Gasteiger charge is 2.54. The van der Waals surface area contributed by atoms with Crippen molar-refractivity contribution in [2.75, 3.05) is 13.7 Å². The molecule has 2 atom stereocenters. The van der Waals surface area contributed by atoms with E-state index < -0.39 is 5.54 Å². The molecule has 3 amide bonds. The number of halogens is 1. The number of nitrogens with one attached hydrogen (secondary N) is 1. The largest absolute Gasteiger partial charge is 0.326 e. The summed E-state index contributed by atoms with van der Waals surface area (Å²) in [6, 6.07) is 5.94. The van der Waals surface area contributed by atoms with Gasteiger partial charge < -0.3 is 5.32 Å². The summed E-state index contributed by atoms with van der Waals surface area (Å²) in [6.45, 7) is 2.82. The van der Waals surface area contributed by atoms with Gasteiger partial charge in [0.05, 0.1) is 6.67 Å². The summed E-state index contributed by atoms with van der Waals surface area (Å²) in [5, 5.41) is 2.96. The topological polar surface area (TPSA) is 52.7 Å². The number of nitrogens with zero attached hydrogens (tertiary/aromatic N) is 2. The zero-order valence-corrected chi connectivity index (χ0v) is 14.2. The third kappa shape index (κ3) is 3.02. The van der Waals surface area contributed by atoms with Crippen molar-refractivity contribution in [1.29, 1.82) is 0 Å². The van der Waals surface area contributed by atoms with Gasteiger partial charge in [-0.05, 0) is 43.5 Å². The van der Waals surface area contributed by atoms with E-state index in [-0.39, 0.29) is 30.3 Å². The molecule has 1 saturated carbocycles. The maximum Gasteiger partial charge on any atom is 0.326 e. The molecule has 1 aromatic rings. The molecular formula is C18H24FN3O2. The van der Waals surface area contributed by atoms with Crippen LogP contribution in [0.1, 0.15) is 38.2 Å². The molecule has 2 aliphatic rings. The lowest BCUT2D eigenvalue weighted by Crippen LogP contribution is -2.54. The molecule has 6 heteroatoms. The van der Waals surface area contributed by atoms with Crippen LogP contribution in [-0.2, 0) is 11.3 Å². The number of hydrogen-bond donors (Lipinski definition) is 1. The molecular weight excluding hydrogens is 309 g/mol. The second-order valence-corrected chi connectivity index (χ2v) is 7.06. The minimum Gasteiger partial charge on any atom is -0.323 e. The molecule has 24 heavy (non-hydrogen) atoms. The van der Waals surface area contributed by atoms with Crippen LogP contribution in [0.2, 0.25) is 0 Å². The van der Waals surface area contributed by atoms with E-state index in [2.05, 4.69) is 5.32 Å². The second-order valence-electron chi connectivity index (χ2n) is 7.06. The van der Waals surface area contributed by atoms with Crippen LogP contribution >= 0.6 is 0 Å². The summed E-state index contributed by atoms with van der Waals surface area (Å²) in [5.74, 6) is -0.218. The lowest BCUT2D eigenvalue weighted by atomic mass is 9.73. The van der Waals surface area contributed by atoms with Crippen LogP contribution in [-0.4, -0.2) is 41.0 Å². The van der Waals surface area contributed by atoms with Crippen LogP contribution in [0.5, 0.6) is 0 Å². The molecule has 130 valence electrons. The Morgan fingerprint density at radius 1 is 1.29 bits per heavy atom. The van der Waals surface area contributed by atoms with Crippen LogP contribution in [0.15, 0.2) is 24.3 Å². The standard InChI is InChI=1S/C18H24FN3O2/c1-13-5-3-4-10-18(13)16(23)22(17(24)20-18)12-21(2)11-14-6-8-15(19)9-7-14/h6-9,13H,3-5,10-12H2,1-2H3,(H,20,24)/t13-,18-/m0/s1. The number of imide groups is 1. The Bertz CT molecular complexity index is 634. The number of rotatable bonds is 4. The van der Waals surface area contributed by atoms with Crippen molar-refractivity contribution in [1.82, 2.24) is 15.1 Å². The number of carbonyl (C=O) groups excluding carboxylic acids is 2. The average molecular weight is 333 g/mol. The molecule has 1 N–H and O–H groups in total. The van der Waals surface area contributed by atoms with Crippen molar-refractivity contribution >= 4 is 11.9 Å². The highest BCUT2D eigenvalue weighted by Crippen LogP contribution is 2.38. The minimum absolute atomic E-state index is 0.106. The fraction of sp³-hybridized carbons (Fsp3) is 0.556. The number of hydrogen-bond acceptors (Lipinski definition) is 3. The average Bonchev–Trinajstić information content (AvgIpc) is 2.78. The number of amides is 3. The smallest absolute Gasteiger partial charge is 0.323 e. The number of carbonyl (C=O) groups is 2. The van der Waals surface area contributed by atoms with Crippen LogP contribution in [0.3, 0.4) is 0 Å². The maximum absolute atomic E-state index is 13.0. The van der Waals surface area contributed by atoms with Crippen molar-refractivity contribution in [3.63, 3.8) is 0 Å². The monoisotopic (exact) mass is 333 g/mol. The first-order valence-corrected chi connectivity index (χ1v) is 8.49. The first-order chi connectivity index (χ1) is 11.4. The highest BCUT2D eigenvalue weighted by atomic mass is 19.1. The predicted molar refractivity (Wildman–Crippen MR) is 88.5 cm³/mol. The molecule has 5 nitrogen and oxygen atoms in total. The van der Waals surface area contributed by atoms with Gasteiger partial charge in [0.1, 0.15) is 11.4 Å². The summed E-state index contributed by atoms with van der Waals surface area (Å²) in [7, 11) is 1.85. The summed E-state index contributed by atoms with van der Waals surface area (Å²) in [4.78, 5) is 28.5. The van der Waals surface area contributed by atoms with Crippen LogP contribution in [0, 0.1) is 11.7 Å². The maximum atomic E-state index is 13.0. The van der Waals surface area contributed by atoms with Crippen LogP contribution in [0.4, 0.5) is 9.18 Å². The summed E-state index contributed by atoms with van der Waals surface area (Å²) < 4.78 is 13.0. The Morgan fingerprint density at radius 3 is 2.67 bits per heavy atom. The van der Waals surface area contributed by atoms with Gasteiger partial charge in [0, 0.05) is 6.54 Å². The molecule has 0 aromatic heterocycles. The Labute approximate surface area is 141 Å². The Hall–Kier alpha value is -1.95. The first-order valence-electron chi connectivity index (χ1n) is 8.49. The Kier molecular flexibility index (Phi) is 4.58. The van der Waals surface area contributed by atoms with E-state index >= 15 is 0 Å². The SMILES string of the molecule is C[C@H]1CCCC[C@]12NC(=O)N(CN(C)Cc1ccc(F)cc1)C2=O. The van der Waals surface area contributed by atoms with E-state index in [1.807, 2.05) is 18.9 Å². The molecule has 1 heterocycles. The zero-order valence-electron chi connectivity index (χ0n) is 14.2. The van der Waals surface area contributed by atoms with Gasteiger partial charge in [0.25, 0.3) is 5.91 Å². The van der Waals surface area contributed by atoms with Crippen LogP contribution in [0.25, 0.3) is 0 Å². The minimum atomic E-state index is -0.716. The van der Waals surface area contributed by atoms with Crippen molar-refractivity contribution < 1.29 is 14.0 Å². The van der Waals surface area contributed by atoms with E-state index in [0.29, 0.717) is 6.54 Å². The van der Waals surface area contributed by atoms with Gasteiger partial charge >= 0.3 is 6.03 Å². The van der Waals surface area contributed by atoms with Gasteiger partial charge in [0.2, 0.25) is 0 Å². The fourth-order valence-corrected chi connectivity index (χ4v) is 3.82. The molecule has 1 aromatic carbocycles. The summed E-state index contributed by atoms with van der Waals surface area (Å²) in [5.41, 5.74) is 0.221. The van der Waals surface area contributed by atoms with E-state index in [4.69, 9.17) is 0 Å². The van der Waals surface area contributed by atoms with Crippen LogP contribution < -0.4 is 5.32 Å². The van der Waals surface area contributed by atoms with E-state index in [1.54, 1.807) is 12.1 Å². The molecule has 0 unspecified atom stereocenters. The summed E-state index contributed by atoms with van der Waals surface area (Å²) >= 11 is 0. The van der Waals surface area contributed by atoms with Gasteiger partial charge in [-0.15, -0.1) is 0 Å². The highest BCUT2D eigenvalue weighted by molar-refractivity contribution is 6.07. The number of urea groups is 1. The fourth-order valence-electron chi connectivity index (χ4n) is 3.82.